The van der Waals surface area contributed by atoms with Crippen molar-refractivity contribution < 1.29 is 19.4 Å². The first kappa shape index (κ1) is 27.9. The molecule has 6 rings (SSSR count). The maximum Gasteiger partial charge on any atom is 0.255 e. The van der Waals surface area contributed by atoms with Crippen molar-refractivity contribution in [2.75, 3.05) is 13.2 Å². The van der Waals surface area contributed by atoms with Crippen LogP contribution in [-0.2, 0) is 22.6 Å². The summed E-state index contributed by atoms with van der Waals surface area (Å²) in [6.45, 7) is 3.36. The summed E-state index contributed by atoms with van der Waals surface area (Å²) in [6, 6.07) is 25.7. The van der Waals surface area contributed by atoms with Crippen LogP contribution >= 0.6 is 11.3 Å². The summed E-state index contributed by atoms with van der Waals surface area (Å²) in [6.07, 6.45) is 4.43. The second-order valence-corrected chi connectivity index (χ2v) is 11.6. The number of aryl methyl sites for hydroxylation is 1. The van der Waals surface area contributed by atoms with E-state index in [4.69, 9.17) is 19.6 Å². The molecule has 0 bridgehead atoms. The zero-order chi connectivity index (χ0) is 28.9. The van der Waals surface area contributed by atoms with Gasteiger partial charge in [0.05, 0.1) is 23.9 Å². The van der Waals surface area contributed by atoms with Gasteiger partial charge in [-0.05, 0) is 42.3 Å². The number of aliphatic hydroxyl groups is 1. The maximum atomic E-state index is 14.7. The largest absolute Gasteiger partial charge is 0.494 e. The van der Waals surface area contributed by atoms with Crippen LogP contribution in [0.2, 0.25) is 0 Å². The highest BCUT2D eigenvalue weighted by Gasteiger charge is 2.56. The SMILES string of the molecule is Cc1nc(CN2Cc3ccccc3[C@H]3OC(c4ccc(OCCCO)cc4)=N[C@@]3(C/C=C/c3ccccc3)C2=O)cs1. The van der Waals surface area contributed by atoms with Crippen LogP contribution in [0.4, 0.5) is 0 Å². The van der Waals surface area contributed by atoms with Crippen LogP contribution in [0.1, 0.15) is 51.9 Å². The lowest BCUT2D eigenvalue weighted by molar-refractivity contribution is -0.140. The highest BCUT2D eigenvalue weighted by atomic mass is 32.1. The molecule has 0 aliphatic carbocycles. The quantitative estimate of drug-likeness (QED) is 0.229. The number of aromatic nitrogens is 1. The lowest BCUT2D eigenvalue weighted by Crippen LogP contribution is -2.47. The highest BCUT2D eigenvalue weighted by molar-refractivity contribution is 7.09. The Kier molecular flexibility index (Phi) is 8.17. The minimum absolute atomic E-state index is 0.0778. The molecule has 42 heavy (non-hydrogen) atoms. The second-order valence-electron chi connectivity index (χ2n) is 10.5. The lowest BCUT2D eigenvalue weighted by atomic mass is 9.84. The Morgan fingerprint density at radius 1 is 1.10 bits per heavy atom. The summed E-state index contributed by atoms with van der Waals surface area (Å²) in [5.41, 5.74) is 3.53. The van der Waals surface area contributed by atoms with Crippen LogP contribution in [0.25, 0.3) is 6.08 Å². The first-order valence-corrected chi connectivity index (χ1v) is 15.0. The molecule has 2 aliphatic rings. The molecule has 1 aromatic heterocycles. The third kappa shape index (κ3) is 5.73. The zero-order valence-electron chi connectivity index (χ0n) is 23.5. The van der Waals surface area contributed by atoms with Crippen LogP contribution in [-0.4, -0.2) is 45.5 Å². The monoisotopic (exact) mass is 579 g/mol. The van der Waals surface area contributed by atoms with E-state index in [0.29, 0.717) is 44.2 Å². The fraction of sp³-hybridized carbons (Fsp3) is 0.265. The summed E-state index contributed by atoms with van der Waals surface area (Å²) in [7, 11) is 0. The topological polar surface area (TPSA) is 84.2 Å². The van der Waals surface area contributed by atoms with E-state index in [1.807, 2.05) is 96.1 Å². The molecule has 2 aliphatic heterocycles. The first-order valence-electron chi connectivity index (χ1n) is 14.2. The number of aliphatic hydroxyl groups excluding tert-OH is 1. The van der Waals surface area contributed by atoms with Gasteiger partial charge in [0.15, 0.2) is 11.6 Å². The summed E-state index contributed by atoms with van der Waals surface area (Å²) in [4.78, 5) is 26.4. The number of benzene rings is 3. The van der Waals surface area contributed by atoms with Crippen LogP contribution < -0.4 is 4.74 Å². The molecule has 2 atom stereocenters. The number of nitrogens with zero attached hydrogens (tertiary/aromatic N) is 3. The number of hydrogen-bond acceptors (Lipinski definition) is 7. The number of carbonyl (C=O) groups is 1. The number of carbonyl (C=O) groups excluding carboxylic acids is 1. The number of rotatable bonds is 10. The molecule has 0 saturated carbocycles. The Morgan fingerprint density at radius 3 is 2.64 bits per heavy atom. The fourth-order valence-corrected chi connectivity index (χ4v) is 6.11. The molecule has 0 radical (unpaired) electrons. The number of ether oxygens (including phenoxy) is 2. The Balaban J connectivity index is 1.41. The molecule has 7 nitrogen and oxygen atoms in total. The van der Waals surface area contributed by atoms with Gasteiger partial charge in [0.2, 0.25) is 5.90 Å². The first-order chi connectivity index (χ1) is 20.6. The minimum Gasteiger partial charge on any atom is -0.494 e. The van der Waals surface area contributed by atoms with E-state index in [1.54, 1.807) is 11.3 Å². The van der Waals surface area contributed by atoms with Gasteiger partial charge in [0.1, 0.15) is 5.75 Å². The fourth-order valence-electron chi connectivity index (χ4n) is 5.51. The van der Waals surface area contributed by atoms with Gasteiger partial charge >= 0.3 is 0 Å². The van der Waals surface area contributed by atoms with E-state index in [0.717, 1.165) is 33.0 Å². The lowest BCUT2D eigenvalue weighted by Gasteiger charge is -2.31. The van der Waals surface area contributed by atoms with Crippen LogP contribution in [0.5, 0.6) is 5.75 Å². The standard InChI is InChI=1S/C34H33N3O4S/c1-24-35-28(23-42-24)22-37-21-27-12-5-6-13-30(27)31-34(33(37)39,18-7-11-25-9-3-2-4-10-25)36-32(41-31)26-14-16-29(17-15-26)40-20-8-19-38/h2-7,9-17,23,31,38H,8,18-22H2,1H3/b11-7+/t31-,34-/m1/s1. The van der Waals surface area contributed by atoms with Gasteiger partial charge in [0, 0.05) is 42.5 Å². The molecule has 8 heteroatoms. The molecule has 3 heterocycles. The van der Waals surface area contributed by atoms with Gasteiger partial charge in [-0.1, -0.05) is 66.7 Å². The molecule has 0 saturated heterocycles. The Hall–Kier alpha value is -4.27. The van der Waals surface area contributed by atoms with Crippen molar-refractivity contribution in [3.8, 4) is 5.75 Å². The Morgan fingerprint density at radius 2 is 1.88 bits per heavy atom. The third-order valence-electron chi connectivity index (χ3n) is 7.55. The van der Waals surface area contributed by atoms with Crippen molar-refractivity contribution in [2.24, 2.45) is 4.99 Å². The molecular formula is C34H33N3O4S. The number of thiazole rings is 1. The molecular weight excluding hydrogens is 546 g/mol. The van der Waals surface area contributed by atoms with E-state index in [2.05, 4.69) is 17.1 Å². The molecule has 1 amide bonds. The van der Waals surface area contributed by atoms with E-state index in [9.17, 15) is 4.79 Å². The third-order valence-corrected chi connectivity index (χ3v) is 8.37. The Bertz CT molecular complexity index is 1600. The van der Waals surface area contributed by atoms with Crippen LogP contribution in [0.15, 0.2) is 95.3 Å². The molecule has 0 unspecified atom stereocenters. The molecule has 3 aromatic carbocycles. The highest BCUT2D eigenvalue weighted by Crippen LogP contribution is 2.47. The van der Waals surface area contributed by atoms with E-state index < -0.39 is 11.6 Å². The molecule has 0 fully saturated rings. The van der Waals surface area contributed by atoms with Crippen molar-refractivity contribution in [1.82, 2.24) is 9.88 Å². The van der Waals surface area contributed by atoms with Gasteiger partial charge in [-0.3, -0.25) is 4.79 Å². The number of aliphatic imine (C=N–C) groups is 1. The predicted molar refractivity (Wildman–Crippen MR) is 164 cm³/mol. The summed E-state index contributed by atoms with van der Waals surface area (Å²) < 4.78 is 12.4. The maximum absolute atomic E-state index is 14.7. The van der Waals surface area contributed by atoms with Gasteiger partial charge < -0.3 is 19.5 Å². The van der Waals surface area contributed by atoms with Gasteiger partial charge in [-0.2, -0.15) is 0 Å². The van der Waals surface area contributed by atoms with E-state index >= 15 is 0 Å². The normalized spacial score (nSPS) is 19.7. The average molecular weight is 580 g/mol. The summed E-state index contributed by atoms with van der Waals surface area (Å²) in [5, 5.41) is 12.0. The molecule has 0 spiro atoms. The van der Waals surface area contributed by atoms with E-state index in [1.165, 1.54) is 0 Å². The van der Waals surface area contributed by atoms with Crippen LogP contribution in [0, 0.1) is 6.92 Å². The van der Waals surface area contributed by atoms with Gasteiger partial charge in [-0.25, -0.2) is 9.98 Å². The smallest absolute Gasteiger partial charge is 0.255 e. The predicted octanol–water partition coefficient (Wildman–Crippen LogP) is 6.12. The average Bonchev–Trinajstić information content (AvgIpc) is 3.59. The number of hydrogen-bond donors (Lipinski definition) is 1. The van der Waals surface area contributed by atoms with Crippen molar-refractivity contribution in [1.29, 1.82) is 0 Å². The molecule has 4 aromatic rings. The molecule has 1 N–H and O–H groups in total. The summed E-state index contributed by atoms with van der Waals surface area (Å²) >= 11 is 1.58. The van der Waals surface area contributed by atoms with Gasteiger partial charge in [-0.15, -0.1) is 11.3 Å². The number of amides is 1. The molecule has 214 valence electrons. The van der Waals surface area contributed by atoms with Crippen molar-refractivity contribution in [3.05, 3.63) is 123 Å². The van der Waals surface area contributed by atoms with E-state index in [-0.39, 0.29) is 12.5 Å². The van der Waals surface area contributed by atoms with Crippen molar-refractivity contribution in [2.45, 2.75) is 44.5 Å². The van der Waals surface area contributed by atoms with Crippen molar-refractivity contribution >= 4 is 29.2 Å². The summed E-state index contributed by atoms with van der Waals surface area (Å²) in [5.74, 6) is 1.06. The van der Waals surface area contributed by atoms with Crippen molar-refractivity contribution in [3.63, 3.8) is 0 Å². The zero-order valence-corrected chi connectivity index (χ0v) is 24.3. The second kappa shape index (κ2) is 12.3. The minimum atomic E-state index is -1.19. The Labute approximate surface area is 249 Å². The van der Waals surface area contributed by atoms with Gasteiger partial charge in [0.25, 0.3) is 5.91 Å². The van der Waals surface area contributed by atoms with Crippen LogP contribution in [0.3, 0.4) is 0 Å². The number of fused-ring (bicyclic) bond motifs is 3.